The van der Waals surface area contributed by atoms with Gasteiger partial charge in [-0.3, -0.25) is 9.69 Å². The number of hydrogen-bond acceptors (Lipinski definition) is 5. The van der Waals surface area contributed by atoms with Crippen LogP contribution in [0.5, 0.6) is 5.75 Å². The van der Waals surface area contributed by atoms with Gasteiger partial charge in [0.05, 0.1) is 24.2 Å². The van der Waals surface area contributed by atoms with Gasteiger partial charge in [-0.15, -0.1) is 0 Å². The van der Waals surface area contributed by atoms with Gasteiger partial charge >= 0.3 is 0 Å². The van der Waals surface area contributed by atoms with E-state index >= 15 is 0 Å². The Kier molecular flexibility index (Phi) is 6.67. The molecule has 0 aliphatic carbocycles. The van der Waals surface area contributed by atoms with Crippen LogP contribution in [0.1, 0.15) is 6.42 Å². The Labute approximate surface area is 181 Å². The molecule has 1 saturated heterocycles. The SMILES string of the molecule is O=c1c(Cl)c(N2CCN(CCCOc3ccccc3)CC2)cnn1-c1ccccc1. The van der Waals surface area contributed by atoms with Crippen molar-refractivity contribution in [3.8, 4) is 11.4 Å². The Balaban J connectivity index is 1.30. The Morgan fingerprint density at radius 3 is 2.30 bits per heavy atom. The molecule has 3 aromatic rings. The molecule has 1 fully saturated rings. The molecule has 1 aliphatic heterocycles. The van der Waals surface area contributed by atoms with E-state index in [0.29, 0.717) is 18.0 Å². The van der Waals surface area contributed by atoms with Gasteiger partial charge in [-0.2, -0.15) is 9.78 Å². The van der Waals surface area contributed by atoms with Gasteiger partial charge in [0.15, 0.2) is 0 Å². The molecule has 0 amide bonds. The van der Waals surface area contributed by atoms with E-state index in [0.717, 1.165) is 44.9 Å². The molecule has 6 nitrogen and oxygen atoms in total. The third-order valence-corrected chi connectivity index (χ3v) is 5.60. The molecule has 7 heteroatoms. The minimum Gasteiger partial charge on any atom is -0.494 e. The number of anilines is 1. The van der Waals surface area contributed by atoms with Crippen LogP contribution in [0.3, 0.4) is 0 Å². The lowest BCUT2D eigenvalue weighted by molar-refractivity contribution is 0.224. The second-order valence-corrected chi connectivity index (χ2v) is 7.62. The Morgan fingerprint density at radius 1 is 0.933 bits per heavy atom. The summed E-state index contributed by atoms with van der Waals surface area (Å²) in [7, 11) is 0. The number of rotatable bonds is 7. The molecule has 2 heterocycles. The first-order valence-electron chi connectivity index (χ1n) is 10.2. The molecule has 156 valence electrons. The minimum absolute atomic E-state index is 0.221. The van der Waals surface area contributed by atoms with E-state index in [1.54, 1.807) is 6.20 Å². The summed E-state index contributed by atoms with van der Waals surface area (Å²) in [4.78, 5) is 17.3. The van der Waals surface area contributed by atoms with Crippen molar-refractivity contribution >= 4 is 17.3 Å². The summed E-state index contributed by atoms with van der Waals surface area (Å²) in [6, 6.07) is 19.2. The maximum Gasteiger partial charge on any atom is 0.292 e. The summed E-state index contributed by atoms with van der Waals surface area (Å²) in [6.45, 7) is 5.16. The van der Waals surface area contributed by atoms with Crippen molar-refractivity contribution in [1.82, 2.24) is 14.7 Å². The van der Waals surface area contributed by atoms with E-state index in [2.05, 4.69) is 14.9 Å². The number of hydrogen-bond donors (Lipinski definition) is 0. The first-order valence-corrected chi connectivity index (χ1v) is 10.6. The van der Waals surface area contributed by atoms with Gasteiger partial charge in [-0.1, -0.05) is 48.0 Å². The second-order valence-electron chi connectivity index (χ2n) is 7.24. The van der Waals surface area contributed by atoms with Crippen molar-refractivity contribution in [1.29, 1.82) is 0 Å². The van der Waals surface area contributed by atoms with Gasteiger partial charge in [0.2, 0.25) is 0 Å². The number of para-hydroxylation sites is 2. The van der Waals surface area contributed by atoms with E-state index in [1.807, 2.05) is 60.7 Å². The van der Waals surface area contributed by atoms with Gasteiger partial charge in [-0.05, 0) is 30.7 Å². The van der Waals surface area contributed by atoms with Crippen LogP contribution in [0.25, 0.3) is 5.69 Å². The van der Waals surface area contributed by atoms with Crippen LogP contribution in [0.2, 0.25) is 5.02 Å². The zero-order valence-corrected chi connectivity index (χ0v) is 17.5. The predicted octanol–water partition coefficient (Wildman–Crippen LogP) is 3.48. The van der Waals surface area contributed by atoms with Crippen LogP contribution in [-0.4, -0.2) is 54.0 Å². The summed E-state index contributed by atoms with van der Waals surface area (Å²) in [5, 5.41) is 4.56. The third-order valence-electron chi connectivity index (χ3n) is 5.24. The quantitative estimate of drug-likeness (QED) is 0.543. The van der Waals surface area contributed by atoms with Crippen LogP contribution < -0.4 is 15.2 Å². The molecule has 0 N–H and O–H groups in total. The highest BCUT2D eigenvalue weighted by Crippen LogP contribution is 2.23. The summed E-state index contributed by atoms with van der Waals surface area (Å²) in [5.74, 6) is 0.912. The molecule has 4 rings (SSSR count). The number of ether oxygens (including phenoxy) is 1. The van der Waals surface area contributed by atoms with Crippen LogP contribution in [-0.2, 0) is 0 Å². The predicted molar refractivity (Wildman–Crippen MR) is 120 cm³/mol. The lowest BCUT2D eigenvalue weighted by Gasteiger charge is -2.36. The molecular formula is C23H25ClN4O2. The van der Waals surface area contributed by atoms with Crippen LogP contribution in [0, 0.1) is 0 Å². The minimum atomic E-state index is -0.291. The Hall–Kier alpha value is -2.83. The molecule has 0 radical (unpaired) electrons. The van der Waals surface area contributed by atoms with Crippen molar-refractivity contribution in [2.24, 2.45) is 0 Å². The standard InChI is InChI=1S/C23H25ClN4O2/c24-22-21(18-25-28(23(22)29)19-8-3-1-4-9-19)27-15-13-26(14-16-27)12-7-17-30-20-10-5-2-6-11-20/h1-6,8-11,18H,7,12-17H2. The highest BCUT2D eigenvalue weighted by molar-refractivity contribution is 6.33. The topological polar surface area (TPSA) is 50.6 Å². The second kappa shape index (κ2) is 9.78. The summed E-state index contributed by atoms with van der Waals surface area (Å²) in [5.41, 5.74) is 1.13. The lowest BCUT2D eigenvalue weighted by Crippen LogP contribution is -2.47. The van der Waals surface area contributed by atoms with Gasteiger partial charge in [-0.25, -0.2) is 0 Å². The largest absolute Gasteiger partial charge is 0.494 e. The average molecular weight is 425 g/mol. The summed E-state index contributed by atoms with van der Waals surface area (Å²) < 4.78 is 7.11. The van der Waals surface area contributed by atoms with E-state index in [1.165, 1.54) is 4.68 Å². The molecule has 1 aliphatic rings. The van der Waals surface area contributed by atoms with Crippen molar-refractivity contribution < 1.29 is 4.74 Å². The molecule has 0 saturated carbocycles. The fourth-order valence-corrected chi connectivity index (χ4v) is 3.85. The monoisotopic (exact) mass is 424 g/mol. The van der Waals surface area contributed by atoms with E-state index in [4.69, 9.17) is 16.3 Å². The molecule has 30 heavy (non-hydrogen) atoms. The normalized spacial score (nSPS) is 14.6. The molecule has 0 spiro atoms. The van der Waals surface area contributed by atoms with E-state index in [9.17, 15) is 4.79 Å². The van der Waals surface area contributed by atoms with Gasteiger partial charge in [0.1, 0.15) is 10.8 Å². The van der Waals surface area contributed by atoms with Crippen molar-refractivity contribution in [3.05, 3.63) is 82.2 Å². The molecule has 0 unspecified atom stereocenters. The first-order chi connectivity index (χ1) is 14.7. The molecule has 0 atom stereocenters. The molecule has 0 bridgehead atoms. The maximum absolute atomic E-state index is 12.7. The number of piperazine rings is 1. The molecule has 1 aromatic heterocycles. The van der Waals surface area contributed by atoms with Gasteiger partial charge in [0.25, 0.3) is 5.56 Å². The van der Waals surface area contributed by atoms with Crippen LogP contribution in [0.15, 0.2) is 71.7 Å². The number of aromatic nitrogens is 2. The first kappa shape index (κ1) is 20.4. The van der Waals surface area contributed by atoms with Crippen molar-refractivity contribution in [3.63, 3.8) is 0 Å². The Morgan fingerprint density at radius 2 is 1.60 bits per heavy atom. The smallest absolute Gasteiger partial charge is 0.292 e. The fourth-order valence-electron chi connectivity index (χ4n) is 3.60. The highest BCUT2D eigenvalue weighted by atomic mass is 35.5. The molecule has 2 aromatic carbocycles. The van der Waals surface area contributed by atoms with Crippen molar-refractivity contribution in [2.75, 3.05) is 44.2 Å². The number of nitrogens with zero attached hydrogens (tertiary/aromatic N) is 4. The maximum atomic E-state index is 12.7. The summed E-state index contributed by atoms with van der Waals surface area (Å²) in [6.07, 6.45) is 2.67. The zero-order valence-electron chi connectivity index (χ0n) is 16.8. The third kappa shape index (κ3) is 4.83. The average Bonchev–Trinajstić information content (AvgIpc) is 2.80. The molecular weight excluding hydrogens is 400 g/mol. The lowest BCUT2D eigenvalue weighted by atomic mass is 10.2. The number of benzene rings is 2. The van der Waals surface area contributed by atoms with Crippen molar-refractivity contribution in [2.45, 2.75) is 6.42 Å². The fraction of sp³-hybridized carbons (Fsp3) is 0.304. The zero-order chi connectivity index (χ0) is 20.8. The van der Waals surface area contributed by atoms with E-state index in [-0.39, 0.29) is 10.6 Å². The van der Waals surface area contributed by atoms with E-state index < -0.39 is 0 Å². The highest BCUT2D eigenvalue weighted by Gasteiger charge is 2.21. The number of halogens is 1. The van der Waals surface area contributed by atoms with Gasteiger partial charge < -0.3 is 9.64 Å². The Bertz CT molecular complexity index is 1000. The van der Waals surface area contributed by atoms with Gasteiger partial charge in [0, 0.05) is 32.7 Å². The summed E-state index contributed by atoms with van der Waals surface area (Å²) >= 11 is 6.43. The van der Waals surface area contributed by atoms with Crippen LogP contribution >= 0.6 is 11.6 Å². The van der Waals surface area contributed by atoms with Crippen LogP contribution in [0.4, 0.5) is 5.69 Å².